The number of rotatable bonds is 3. The first-order valence-electron chi connectivity index (χ1n) is 8.14. The Kier molecular flexibility index (Phi) is 4.22. The average Bonchev–Trinajstić information content (AvgIpc) is 2.78. The van der Waals surface area contributed by atoms with Crippen molar-refractivity contribution >= 4 is 29.1 Å². The standard InChI is InChI=1S/C20H20ClNO2/c1-11(2)13-7-5-8-14(12(3)4)18(13)22-19(23)15-9-6-10-16(21)17(15)20(22)24/h5-12H,1-4H3. The first-order chi connectivity index (χ1) is 11.3. The number of carbonyl (C=O) groups excluding carboxylic acids is 2. The summed E-state index contributed by atoms with van der Waals surface area (Å²) in [5.74, 6) is -0.250. The second-order valence-electron chi connectivity index (χ2n) is 6.70. The summed E-state index contributed by atoms with van der Waals surface area (Å²) < 4.78 is 0. The summed E-state index contributed by atoms with van der Waals surface area (Å²) in [6.07, 6.45) is 0. The fourth-order valence-corrected chi connectivity index (χ4v) is 3.47. The second-order valence-corrected chi connectivity index (χ2v) is 7.11. The smallest absolute Gasteiger partial charge is 0.267 e. The Morgan fingerprint density at radius 1 is 0.833 bits per heavy atom. The maximum atomic E-state index is 13.0. The number of para-hydroxylation sites is 1. The van der Waals surface area contributed by atoms with Gasteiger partial charge in [-0.15, -0.1) is 0 Å². The molecule has 1 aliphatic rings. The highest BCUT2D eigenvalue weighted by atomic mass is 35.5. The maximum Gasteiger partial charge on any atom is 0.267 e. The lowest BCUT2D eigenvalue weighted by Gasteiger charge is -2.25. The monoisotopic (exact) mass is 341 g/mol. The summed E-state index contributed by atoms with van der Waals surface area (Å²) in [6, 6.07) is 11.0. The van der Waals surface area contributed by atoms with Gasteiger partial charge in [-0.25, -0.2) is 4.90 Å². The van der Waals surface area contributed by atoms with Gasteiger partial charge in [-0.05, 0) is 35.1 Å². The molecule has 1 heterocycles. The van der Waals surface area contributed by atoms with E-state index in [1.165, 1.54) is 4.90 Å². The maximum absolute atomic E-state index is 13.0. The highest BCUT2D eigenvalue weighted by Crippen LogP contribution is 2.40. The molecule has 24 heavy (non-hydrogen) atoms. The van der Waals surface area contributed by atoms with Gasteiger partial charge < -0.3 is 0 Å². The van der Waals surface area contributed by atoms with Crippen LogP contribution < -0.4 is 4.90 Å². The molecular formula is C20H20ClNO2. The first-order valence-corrected chi connectivity index (χ1v) is 8.52. The van der Waals surface area contributed by atoms with E-state index in [0.717, 1.165) is 11.1 Å². The molecule has 0 aromatic heterocycles. The molecule has 4 heteroatoms. The average molecular weight is 342 g/mol. The molecule has 0 radical (unpaired) electrons. The van der Waals surface area contributed by atoms with Gasteiger partial charge in [-0.3, -0.25) is 9.59 Å². The summed E-state index contributed by atoms with van der Waals surface area (Å²) in [5, 5.41) is 0.321. The molecule has 2 aromatic rings. The van der Waals surface area contributed by atoms with Crippen LogP contribution in [0, 0.1) is 0 Å². The lowest BCUT2D eigenvalue weighted by Crippen LogP contribution is -2.31. The molecule has 2 amide bonds. The molecule has 0 bridgehead atoms. The SMILES string of the molecule is CC(C)c1cccc(C(C)C)c1N1C(=O)c2cccc(Cl)c2C1=O. The fourth-order valence-electron chi connectivity index (χ4n) is 3.22. The van der Waals surface area contributed by atoms with Crippen LogP contribution in [0.25, 0.3) is 0 Å². The van der Waals surface area contributed by atoms with E-state index in [0.29, 0.717) is 21.8 Å². The number of amides is 2. The summed E-state index contributed by atoms with van der Waals surface area (Å²) >= 11 is 6.19. The van der Waals surface area contributed by atoms with Crippen LogP contribution in [0.4, 0.5) is 5.69 Å². The van der Waals surface area contributed by atoms with Gasteiger partial charge in [0.1, 0.15) is 0 Å². The number of hydrogen-bond donors (Lipinski definition) is 0. The summed E-state index contributed by atoms with van der Waals surface area (Å²) in [4.78, 5) is 27.3. The topological polar surface area (TPSA) is 37.4 Å². The van der Waals surface area contributed by atoms with E-state index in [1.807, 2.05) is 18.2 Å². The Bertz CT molecular complexity index is 813. The van der Waals surface area contributed by atoms with Gasteiger partial charge >= 0.3 is 0 Å². The van der Waals surface area contributed by atoms with E-state index in [-0.39, 0.29) is 23.7 Å². The van der Waals surface area contributed by atoms with E-state index < -0.39 is 0 Å². The van der Waals surface area contributed by atoms with Crippen molar-refractivity contribution in [1.29, 1.82) is 0 Å². The zero-order chi connectivity index (χ0) is 17.6. The number of fused-ring (bicyclic) bond motifs is 1. The molecule has 0 saturated carbocycles. The third-order valence-electron chi connectivity index (χ3n) is 4.43. The molecule has 0 unspecified atom stereocenters. The van der Waals surface area contributed by atoms with Crippen LogP contribution in [0.15, 0.2) is 36.4 Å². The van der Waals surface area contributed by atoms with Crippen molar-refractivity contribution in [2.24, 2.45) is 0 Å². The van der Waals surface area contributed by atoms with Gasteiger partial charge in [0.2, 0.25) is 0 Å². The van der Waals surface area contributed by atoms with E-state index in [9.17, 15) is 9.59 Å². The van der Waals surface area contributed by atoms with Gasteiger partial charge in [0.15, 0.2) is 0 Å². The van der Waals surface area contributed by atoms with Gasteiger partial charge in [0, 0.05) is 0 Å². The van der Waals surface area contributed by atoms with Gasteiger partial charge in [-0.2, -0.15) is 0 Å². The predicted molar refractivity (Wildman–Crippen MR) is 97.2 cm³/mol. The molecule has 124 valence electrons. The minimum atomic E-state index is -0.337. The Morgan fingerprint density at radius 2 is 1.38 bits per heavy atom. The third-order valence-corrected chi connectivity index (χ3v) is 4.75. The van der Waals surface area contributed by atoms with Crippen LogP contribution >= 0.6 is 11.6 Å². The molecule has 2 aromatic carbocycles. The molecule has 0 spiro atoms. The van der Waals surface area contributed by atoms with E-state index in [2.05, 4.69) is 27.7 Å². The Morgan fingerprint density at radius 3 is 1.88 bits per heavy atom. The van der Waals surface area contributed by atoms with E-state index in [1.54, 1.807) is 18.2 Å². The largest absolute Gasteiger partial charge is 0.268 e. The van der Waals surface area contributed by atoms with Crippen LogP contribution in [-0.2, 0) is 0 Å². The number of hydrogen-bond acceptors (Lipinski definition) is 2. The number of carbonyl (C=O) groups is 2. The molecule has 0 aliphatic carbocycles. The molecule has 0 saturated heterocycles. The Balaban J connectivity index is 2.26. The first kappa shape index (κ1) is 16.7. The van der Waals surface area contributed by atoms with Crippen molar-refractivity contribution < 1.29 is 9.59 Å². The van der Waals surface area contributed by atoms with Crippen LogP contribution in [0.3, 0.4) is 0 Å². The molecule has 0 N–H and O–H groups in total. The Hall–Kier alpha value is -2.13. The van der Waals surface area contributed by atoms with Crippen LogP contribution in [0.2, 0.25) is 5.02 Å². The van der Waals surface area contributed by atoms with Gasteiger partial charge in [0.05, 0.1) is 21.8 Å². The number of benzene rings is 2. The minimum absolute atomic E-state index is 0.193. The molecular weight excluding hydrogens is 322 g/mol. The molecule has 0 atom stereocenters. The number of imide groups is 1. The second kappa shape index (κ2) is 6.06. The van der Waals surface area contributed by atoms with Gasteiger partial charge in [-0.1, -0.05) is 63.6 Å². The zero-order valence-electron chi connectivity index (χ0n) is 14.3. The van der Waals surface area contributed by atoms with Crippen LogP contribution in [0.5, 0.6) is 0 Å². The van der Waals surface area contributed by atoms with Crippen molar-refractivity contribution in [3.05, 3.63) is 63.7 Å². The Labute approximate surface area is 147 Å². The molecule has 3 rings (SSSR count). The normalized spacial score (nSPS) is 14.0. The van der Waals surface area contributed by atoms with Crippen molar-refractivity contribution in [1.82, 2.24) is 0 Å². The lowest BCUT2D eigenvalue weighted by atomic mass is 9.92. The molecule has 0 fully saturated rings. The number of anilines is 1. The highest BCUT2D eigenvalue weighted by Gasteiger charge is 2.40. The quantitative estimate of drug-likeness (QED) is 0.702. The van der Waals surface area contributed by atoms with Crippen molar-refractivity contribution in [2.75, 3.05) is 4.90 Å². The molecule has 3 nitrogen and oxygen atoms in total. The summed E-state index contributed by atoms with van der Waals surface area (Å²) in [6.45, 7) is 8.25. The van der Waals surface area contributed by atoms with E-state index in [4.69, 9.17) is 11.6 Å². The van der Waals surface area contributed by atoms with E-state index >= 15 is 0 Å². The summed E-state index contributed by atoms with van der Waals surface area (Å²) in [7, 11) is 0. The number of halogens is 1. The van der Waals surface area contributed by atoms with Crippen molar-refractivity contribution in [3.8, 4) is 0 Å². The number of nitrogens with zero attached hydrogens (tertiary/aromatic N) is 1. The lowest BCUT2D eigenvalue weighted by molar-refractivity contribution is 0.0925. The highest BCUT2D eigenvalue weighted by molar-refractivity contribution is 6.42. The third kappa shape index (κ3) is 2.44. The van der Waals surface area contributed by atoms with Gasteiger partial charge in [0.25, 0.3) is 11.8 Å². The minimum Gasteiger partial charge on any atom is -0.268 e. The van der Waals surface area contributed by atoms with Crippen LogP contribution in [-0.4, -0.2) is 11.8 Å². The molecule has 1 aliphatic heterocycles. The van der Waals surface area contributed by atoms with Crippen molar-refractivity contribution in [3.63, 3.8) is 0 Å². The predicted octanol–water partition coefficient (Wildman–Crippen LogP) is 5.39. The zero-order valence-corrected chi connectivity index (χ0v) is 15.0. The fraction of sp³-hybridized carbons (Fsp3) is 0.300. The summed E-state index contributed by atoms with van der Waals surface area (Å²) in [5.41, 5.74) is 3.38. The van der Waals surface area contributed by atoms with Crippen LogP contribution in [0.1, 0.15) is 71.4 Å². The van der Waals surface area contributed by atoms with Crippen molar-refractivity contribution in [2.45, 2.75) is 39.5 Å².